The number of hydrogen-bond donors (Lipinski definition) is 2. The highest BCUT2D eigenvalue weighted by molar-refractivity contribution is 6.19. The van der Waals surface area contributed by atoms with Crippen LogP contribution in [-0.2, 0) is 4.79 Å². The van der Waals surface area contributed by atoms with Gasteiger partial charge in [-0.25, -0.2) is 4.79 Å². The Bertz CT molecular complexity index is 284. The number of rotatable bonds is 3. The first-order valence-electron chi connectivity index (χ1n) is 6.19. The number of halogens is 1. The summed E-state index contributed by atoms with van der Waals surface area (Å²) in [5.74, 6) is 1.24. The molecule has 0 aromatic heterocycles. The predicted molar refractivity (Wildman–Crippen MR) is 68.0 cm³/mol. The van der Waals surface area contributed by atoms with Crippen LogP contribution < -0.4 is 10.6 Å². The summed E-state index contributed by atoms with van der Waals surface area (Å²) in [7, 11) is 0. The van der Waals surface area contributed by atoms with Crippen molar-refractivity contribution >= 4 is 23.5 Å². The second kappa shape index (κ2) is 6.84. The topological polar surface area (TPSA) is 58.2 Å². The highest BCUT2D eigenvalue weighted by Gasteiger charge is 2.25. The molecule has 3 atom stereocenters. The molecule has 0 spiro atoms. The van der Waals surface area contributed by atoms with Gasteiger partial charge in [-0.15, -0.1) is 11.6 Å². The van der Waals surface area contributed by atoms with Crippen LogP contribution in [0.2, 0.25) is 0 Å². The Balaban J connectivity index is 2.29. The highest BCUT2D eigenvalue weighted by atomic mass is 35.5. The fourth-order valence-corrected chi connectivity index (χ4v) is 2.35. The molecule has 0 bridgehead atoms. The molecule has 1 fully saturated rings. The Morgan fingerprint density at radius 2 is 1.94 bits per heavy atom. The van der Waals surface area contributed by atoms with Gasteiger partial charge in [0, 0.05) is 18.3 Å². The van der Waals surface area contributed by atoms with Gasteiger partial charge in [-0.3, -0.25) is 10.1 Å². The van der Waals surface area contributed by atoms with E-state index in [4.69, 9.17) is 11.6 Å². The van der Waals surface area contributed by atoms with Gasteiger partial charge in [0.05, 0.1) is 0 Å². The average Bonchev–Trinajstić information content (AvgIpc) is 2.23. The molecule has 4 nitrogen and oxygen atoms in total. The fraction of sp³-hybridized carbons (Fsp3) is 0.833. The van der Waals surface area contributed by atoms with Crippen LogP contribution in [-0.4, -0.2) is 23.9 Å². The zero-order valence-corrected chi connectivity index (χ0v) is 11.2. The molecular weight excluding hydrogens is 240 g/mol. The van der Waals surface area contributed by atoms with Crippen molar-refractivity contribution in [2.45, 2.75) is 45.6 Å². The molecule has 1 aliphatic rings. The summed E-state index contributed by atoms with van der Waals surface area (Å²) >= 11 is 5.41. The summed E-state index contributed by atoms with van der Waals surface area (Å²) in [4.78, 5) is 22.7. The molecule has 3 unspecified atom stereocenters. The number of amides is 3. The molecule has 3 amide bonds. The van der Waals surface area contributed by atoms with E-state index in [-0.39, 0.29) is 24.2 Å². The maximum absolute atomic E-state index is 11.5. The van der Waals surface area contributed by atoms with Gasteiger partial charge in [0.2, 0.25) is 5.91 Å². The van der Waals surface area contributed by atoms with Crippen molar-refractivity contribution < 1.29 is 9.59 Å². The van der Waals surface area contributed by atoms with Crippen LogP contribution in [0.25, 0.3) is 0 Å². The number of carbonyl (C=O) groups excluding carboxylic acids is 2. The first-order valence-corrected chi connectivity index (χ1v) is 6.72. The van der Waals surface area contributed by atoms with Gasteiger partial charge in [-0.05, 0) is 31.1 Å². The van der Waals surface area contributed by atoms with Crippen molar-refractivity contribution in [1.82, 2.24) is 10.6 Å². The molecule has 0 aliphatic heterocycles. The smallest absolute Gasteiger partial charge is 0.321 e. The van der Waals surface area contributed by atoms with Gasteiger partial charge in [-0.1, -0.05) is 13.8 Å². The molecular formula is C12H21ClN2O2. The van der Waals surface area contributed by atoms with Gasteiger partial charge < -0.3 is 5.32 Å². The summed E-state index contributed by atoms with van der Waals surface area (Å²) < 4.78 is 0. The summed E-state index contributed by atoms with van der Waals surface area (Å²) in [5.41, 5.74) is 0. The fourth-order valence-electron chi connectivity index (χ4n) is 2.18. The highest BCUT2D eigenvalue weighted by Crippen LogP contribution is 2.29. The summed E-state index contributed by atoms with van der Waals surface area (Å²) in [6, 6.07) is -0.211. The Morgan fingerprint density at radius 3 is 2.53 bits per heavy atom. The zero-order chi connectivity index (χ0) is 12.8. The van der Waals surface area contributed by atoms with E-state index < -0.39 is 6.03 Å². The molecule has 17 heavy (non-hydrogen) atoms. The number of nitrogens with one attached hydrogen (secondary N) is 2. The van der Waals surface area contributed by atoms with Crippen LogP contribution in [0.3, 0.4) is 0 Å². The SMILES string of the molecule is CC1CCC(NC(=O)NC(=O)CCCl)CC1C. The average molecular weight is 261 g/mol. The number of hydrogen-bond acceptors (Lipinski definition) is 2. The Kier molecular flexibility index (Phi) is 5.75. The minimum atomic E-state index is -0.396. The van der Waals surface area contributed by atoms with Gasteiger partial charge in [0.15, 0.2) is 0 Å². The van der Waals surface area contributed by atoms with Crippen molar-refractivity contribution in [3.8, 4) is 0 Å². The molecule has 0 aromatic carbocycles. The summed E-state index contributed by atoms with van der Waals surface area (Å²) in [6.07, 6.45) is 3.27. The first kappa shape index (κ1) is 14.3. The normalized spacial score (nSPS) is 28.5. The minimum Gasteiger partial charge on any atom is -0.335 e. The lowest BCUT2D eigenvalue weighted by Gasteiger charge is -2.32. The van der Waals surface area contributed by atoms with Gasteiger partial charge in [0.25, 0.3) is 0 Å². The zero-order valence-electron chi connectivity index (χ0n) is 10.5. The molecule has 98 valence electrons. The maximum Gasteiger partial charge on any atom is 0.321 e. The molecule has 0 saturated heterocycles. The van der Waals surface area contributed by atoms with Gasteiger partial charge in [0.1, 0.15) is 0 Å². The molecule has 1 rings (SSSR count). The van der Waals surface area contributed by atoms with E-state index in [1.807, 2.05) is 0 Å². The Hall–Kier alpha value is -0.770. The van der Waals surface area contributed by atoms with E-state index in [1.54, 1.807) is 0 Å². The van der Waals surface area contributed by atoms with Crippen LogP contribution in [0.5, 0.6) is 0 Å². The van der Waals surface area contributed by atoms with Crippen LogP contribution in [0.4, 0.5) is 4.79 Å². The minimum absolute atomic E-state index is 0.174. The summed E-state index contributed by atoms with van der Waals surface area (Å²) in [6.45, 7) is 4.44. The van der Waals surface area contributed by atoms with Crippen LogP contribution >= 0.6 is 11.6 Å². The van der Waals surface area contributed by atoms with E-state index in [0.29, 0.717) is 11.8 Å². The van der Waals surface area contributed by atoms with Gasteiger partial charge in [-0.2, -0.15) is 0 Å². The van der Waals surface area contributed by atoms with Gasteiger partial charge >= 0.3 is 6.03 Å². The van der Waals surface area contributed by atoms with E-state index in [0.717, 1.165) is 19.3 Å². The second-order valence-corrected chi connectivity index (χ2v) is 5.30. The molecule has 0 aromatic rings. The molecule has 1 aliphatic carbocycles. The van der Waals surface area contributed by atoms with E-state index in [2.05, 4.69) is 24.5 Å². The van der Waals surface area contributed by atoms with Crippen molar-refractivity contribution in [2.75, 3.05) is 5.88 Å². The largest absolute Gasteiger partial charge is 0.335 e. The van der Waals surface area contributed by atoms with Crippen molar-refractivity contribution in [2.24, 2.45) is 11.8 Å². The lowest BCUT2D eigenvalue weighted by Crippen LogP contribution is -2.46. The first-order chi connectivity index (χ1) is 8.02. The van der Waals surface area contributed by atoms with E-state index in [1.165, 1.54) is 0 Å². The van der Waals surface area contributed by atoms with Crippen LogP contribution in [0, 0.1) is 11.8 Å². The molecule has 2 N–H and O–H groups in total. The number of alkyl halides is 1. The number of imide groups is 1. The van der Waals surface area contributed by atoms with Crippen molar-refractivity contribution in [1.29, 1.82) is 0 Å². The second-order valence-electron chi connectivity index (χ2n) is 4.93. The maximum atomic E-state index is 11.5. The Morgan fingerprint density at radius 1 is 1.24 bits per heavy atom. The van der Waals surface area contributed by atoms with E-state index >= 15 is 0 Å². The molecule has 1 saturated carbocycles. The van der Waals surface area contributed by atoms with Crippen molar-refractivity contribution in [3.63, 3.8) is 0 Å². The van der Waals surface area contributed by atoms with E-state index in [9.17, 15) is 9.59 Å². The van der Waals surface area contributed by atoms with Crippen LogP contribution in [0.1, 0.15) is 39.5 Å². The third-order valence-electron chi connectivity index (χ3n) is 3.51. The third kappa shape index (κ3) is 4.94. The molecule has 5 heteroatoms. The van der Waals surface area contributed by atoms with Crippen molar-refractivity contribution in [3.05, 3.63) is 0 Å². The third-order valence-corrected chi connectivity index (χ3v) is 3.70. The monoisotopic (exact) mass is 260 g/mol. The lowest BCUT2D eigenvalue weighted by atomic mass is 9.79. The predicted octanol–water partition coefficient (Wildman–Crippen LogP) is 2.27. The molecule has 0 radical (unpaired) electrons. The summed E-state index contributed by atoms with van der Waals surface area (Å²) in [5, 5.41) is 5.13. The van der Waals surface area contributed by atoms with Crippen LogP contribution in [0.15, 0.2) is 0 Å². The Labute approximate surface area is 107 Å². The lowest BCUT2D eigenvalue weighted by molar-refractivity contribution is -0.119. The number of carbonyl (C=O) groups is 2. The number of urea groups is 1. The standard InChI is InChI=1S/C12H21ClN2O2/c1-8-3-4-10(7-9(8)2)14-12(17)15-11(16)5-6-13/h8-10H,3-7H2,1-2H3,(H2,14,15,16,17). The quantitative estimate of drug-likeness (QED) is 0.765. The molecule has 0 heterocycles.